The van der Waals surface area contributed by atoms with Crippen LogP contribution >= 0.6 is 11.5 Å². The average molecular weight is 303 g/mol. The number of nitrogens with zero attached hydrogens (tertiary/aromatic N) is 1. The molecule has 1 aliphatic carbocycles. The van der Waals surface area contributed by atoms with Gasteiger partial charge in [0.15, 0.2) is 15.7 Å². The molecule has 1 atom stereocenters. The summed E-state index contributed by atoms with van der Waals surface area (Å²) in [6, 6.07) is 0.230. The summed E-state index contributed by atoms with van der Waals surface area (Å²) in [7, 11) is -3.30. The number of nitrogens with two attached hydrogens (primary N) is 1. The van der Waals surface area contributed by atoms with Gasteiger partial charge in [-0.25, -0.2) is 8.42 Å². The van der Waals surface area contributed by atoms with E-state index in [4.69, 9.17) is 5.73 Å². The van der Waals surface area contributed by atoms with Crippen LogP contribution in [0.4, 0.5) is 10.8 Å². The summed E-state index contributed by atoms with van der Waals surface area (Å²) in [5.41, 5.74) is 5.77. The minimum atomic E-state index is -3.30. The molecule has 0 saturated heterocycles. The molecule has 0 bridgehead atoms. The Bertz CT molecular complexity index is 547. The van der Waals surface area contributed by atoms with Crippen LogP contribution in [0.15, 0.2) is 4.90 Å². The first kappa shape index (κ1) is 14.6. The maximum absolute atomic E-state index is 12.4. The molecule has 1 heterocycles. The van der Waals surface area contributed by atoms with Gasteiger partial charge in [0, 0.05) is 6.04 Å². The molecule has 3 N–H and O–H groups in total. The van der Waals surface area contributed by atoms with Gasteiger partial charge in [0.25, 0.3) is 0 Å². The van der Waals surface area contributed by atoms with Crippen LogP contribution in [0, 0.1) is 5.92 Å². The van der Waals surface area contributed by atoms with E-state index in [9.17, 15) is 8.42 Å². The molecule has 0 aliphatic heterocycles. The molecule has 5 nitrogen and oxygen atoms in total. The van der Waals surface area contributed by atoms with Gasteiger partial charge in [-0.15, -0.1) is 0 Å². The third-order valence-electron chi connectivity index (χ3n) is 3.48. The molecule has 1 aliphatic rings. The Morgan fingerprint density at radius 2 is 2.11 bits per heavy atom. The van der Waals surface area contributed by atoms with E-state index >= 15 is 0 Å². The minimum Gasteiger partial charge on any atom is -0.382 e. The van der Waals surface area contributed by atoms with Crippen molar-refractivity contribution < 1.29 is 8.42 Å². The van der Waals surface area contributed by atoms with Gasteiger partial charge in [0.05, 0.1) is 5.25 Å². The van der Waals surface area contributed by atoms with Gasteiger partial charge >= 0.3 is 0 Å². The molecule has 1 aromatic heterocycles. The van der Waals surface area contributed by atoms with Crippen LogP contribution in [0.25, 0.3) is 0 Å². The van der Waals surface area contributed by atoms with Crippen molar-refractivity contribution >= 4 is 32.2 Å². The molecule has 108 valence electrons. The first-order valence-electron chi connectivity index (χ1n) is 6.63. The molecule has 1 saturated carbocycles. The topological polar surface area (TPSA) is 85.1 Å². The Balaban J connectivity index is 2.32. The van der Waals surface area contributed by atoms with E-state index in [2.05, 4.69) is 30.5 Å². The average Bonchev–Trinajstić information content (AvgIpc) is 3.11. The van der Waals surface area contributed by atoms with E-state index in [1.54, 1.807) is 0 Å². The fourth-order valence-electron chi connectivity index (χ4n) is 2.11. The van der Waals surface area contributed by atoms with E-state index in [-0.39, 0.29) is 22.0 Å². The van der Waals surface area contributed by atoms with Gasteiger partial charge in [0.2, 0.25) is 0 Å². The number of sulfone groups is 1. The van der Waals surface area contributed by atoms with Crippen LogP contribution in [0.5, 0.6) is 0 Å². The minimum absolute atomic E-state index is 0.137. The number of nitrogen functional groups attached to an aromatic ring is 1. The Morgan fingerprint density at radius 3 is 2.58 bits per heavy atom. The highest BCUT2D eigenvalue weighted by molar-refractivity contribution is 7.92. The second kappa shape index (κ2) is 5.28. The Labute approximate surface area is 118 Å². The molecule has 19 heavy (non-hydrogen) atoms. The molecule has 0 aromatic carbocycles. The van der Waals surface area contributed by atoms with Crippen molar-refractivity contribution in [3.8, 4) is 0 Å². The van der Waals surface area contributed by atoms with Crippen LogP contribution in [0.1, 0.15) is 40.0 Å². The van der Waals surface area contributed by atoms with E-state index in [0.717, 1.165) is 30.8 Å². The van der Waals surface area contributed by atoms with Crippen molar-refractivity contribution in [1.29, 1.82) is 0 Å². The maximum Gasteiger partial charge on any atom is 0.187 e. The van der Waals surface area contributed by atoms with Crippen molar-refractivity contribution in [3.63, 3.8) is 0 Å². The molecule has 1 aromatic rings. The molecular weight excluding hydrogens is 282 g/mol. The molecule has 0 spiro atoms. The quantitative estimate of drug-likeness (QED) is 0.843. The number of hydrogen-bond donors (Lipinski definition) is 2. The van der Waals surface area contributed by atoms with Crippen LogP contribution in [0.3, 0.4) is 0 Å². The highest BCUT2D eigenvalue weighted by Crippen LogP contribution is 2.41. The fourth-order valence-corrected chi connectivity index (χ4v) is 5.05. The largest absolute Gasteiger partial charge is 0.382 e. The van der Waals surface area contributed by atoms with Crippen molar-refractivity contribution in [2.75, 3.05) is 11.1 Å². The van der Waals surface area contributed by atoms with Gasteiger partial charge in [0.1, 0.15) is 9.90 Å². The van der Waals surface area contributed by atoms with Crippen molar-refractivity contribution in [3.05, 3.63) is 0 Å². The van der Waals surface area contributed by atoms with Gasteiger partial charge < -0.3 is 11.1 Å². The summed E-state index contributed by atoms with van der Waals surface area (Å²) in [4.78, 5) is 0.221. The summed E-state index contributed by atoms with van der Waals surface area (Å²) in [6.45, 7) is 6.30. The fraction of sp³-hybridized carbons (Fsp3) is 0.750. The molecule has 7 heteroatoms. The predicted molar refractivity (Wildman–Crippen MR) is 79.3 cm³/mol. The zero-order valence-electron chi connectivity index (χ0n) is 11.5. The van der Waals surface area contributed by atoms with Crippen molar-refractivity contribution in [1.82, 2.24) is 4.37 Å². The van der Waals surface area contributed by atoms with Gasteiger partial charge in [-0.3, -0.25) is 0 Å². The van der Waals surface area contributed by atoms with Crippen LogP contribution in [-0.4, -0.2) is 24.1 Å². The first-order chi connectivity index (χ1) is 8.87. The number of aromatic nitrogens is 1. The highest BCUT2D eigenvalue weighted by Gasteiger charge is 2.41. The number of hydrogen-bond acceptors (Lipinski definition) is 6. The third kappa shape index (κ3) is 2.86. The zero-order chi connectivity index (χ0) is 14.2. The summed E-state index contributed by atoms with van der Waals surface area (Å²) >= 11 is 1.14. The van der Waals surface area contributed by atoms with Gasteiger partial charge in [-0.05, 0) is 36.7 Å². The predicted octanol–water partition coefficient (Wildman–Crippen LogP) is 2.51. The van der Waals surface area contributed by atoms with E-state index in [0.29, 0.717) is 10.9 Å². The van der Waals surface area contributed by atoms with Crippen LogP contribution < -0.4 is 11.1 Å². The SMILES string of the molecule is CCC(Nc1snc(N)c1S(=O)(=O)C1CC1)C(C)C. The molecule has 2 rings (SSSR count). The Hall–Kier alpha value is -0.820. The second-order valence-electron chi connectivity index (χ2n) is 5.37. The molecule has 0 amide bonds. The summed E-state index contributed by atoms with van der Waals surface area (Å²) in [5.74, 6) is 0.558. The van der Waals surface area contributed by atoms with Crippen LogP contribution in [-0.2, 0) is 9.84 Å². The first-order valence-corrected chi connectivity index (χ1v) is 8.95. The highest BCUT2D eigenvalue weighted by atomic mass is 32.2. The van der Waals surface area contributed by atoms with Crippen LogP contribution in [0.2, 0.25) is 0 Å². The number of rotatable bonds is 6. The summed E-state index contributed by atoms with van der Waals surface area (Å²) < 4.78 is 28.8. The monoisotopic (exact) mass is 303 g/mol. The number of nitrogens with one attached hydrogen (secondary N) is 1. The molecule has 1 fully saturated rings. The molecule has 1 unspecified atom stereocenters. The summed E-state index contributed by atoms with van der Waals surface area (Å²) in [5, 5.41) is 3.65. The van der Waals surface area contributed by atoms with E-state index < -0.39 is 9.84 Å². The lowest BCUT2D eigenvalue weighted by molar-refractivity contribution is 0.511. The van der Waals surface area contributed by atoms with Crippen molar-refractivity contribution in [2.45, 2.75) is 56.2 Å². The lowest BCUT2D eigenvalue weighted by atomic mass is 10.0. The lowest BCUT2D eigenvalue weighted by Gasteiger charge is -2.21. The molecular formula is C12H21N3O2S2. The normalized spacial score (nSPS) is 17.7. The second-order valence-corrected chi connectivity index (χ2v) is 8.31. The smallest absolute Gasteiger partial charge is 0.187 e. The number of anilines is 2. The summed E-state index contributed by atoms with van der Waals surface area (Å²) in [6.07, 6.45) is 2.40. The lowest BCUT2D eigenvalue weighted by Crippen LogP contribution is -2.25. The third-order valence-corrected chi connectivity index (χ3v) is 6.74. The Morgan fingerprint density at radius 1 is 1.47 bits per heavy atom. The standard InChI is InChI=1S/C12H21N3O2S2/c1-4-9(7(2)3)14-12-10(11(13)15-18-12)19(16,17)8-5-6-8/h7-9,14H,4-6H2,1-3H3,(H2,13,15). The Kier molecular flexibility index (Phi) is 4.06. The zero-order valence-corrected chi connectivity index (χ0v) is 13.1. The van der Waals surface area contributed by atoms with Gasteiger partial charge in [-0.2, -0.15) is 4.37 Å². The van der Waals surface area contributed by atoms with Crippen molar-refractivity contribution in [2.24, 2.45) is 5.92 Å². The maximum atomic E-state index is 12.4. The van der Waals surface area contributed by atoms with E-state index in [1.165, 1.54) is 0 Å². The molecule has 0 radical (unpaired) electrons. The van der Waals surface area contributed by atoms with E-state index in [1.807, 2.05) is 0 Å². The van der Waals surface area contributed by atoms with Gasteiger partial charge in [-0.1, -0.05) is 20.8 Å².